The summed E-state index contributed by atoms with van der Waals surface area (Å²) in [5.74, 6) is 0.172. The molecular formula is C15H20Cl2N2O3. The van der Waals surface area contributed by atoms with Gasteiger partial charge in [-0.15, -0.1) is 0 Å². The minimum absolute atomic E-state index is 0.0859. The topological polar surface area (TPSA) is 67.4 Å². The van der Waals surface area contributed by atoms with Crippen LogP contribution in [0.1, 0.15) is 26.7 Å². The molecule has 0 saturated heterocycles. The minimum atomic E-state index is -0.185. The van der Waals surface area contributed by atoms with E-state index in [0.29, 0.717) is 22.3 Å². The molecule has 0 saturated carbocycles. The maximum atomic E-state index is 11.6. The maximum Gasteiger partial charge on any atom is 0.223 e. The van der Waals surface area contributed by atoms with Gasteiger partial charge in [0, 0.05) is 19.0 Å². The molecule has 1 aromatic rings. The summed E-state index contributed by atoms with van der Waals surface area (Å²) in [6.07, 6.45) is 0.430. The van der Waals surface area contributed by atoms with E-state index in [2.05, 4.69) is 10.6 Å². The van der Waals surface area contributed by atoms with Gasteiger partial charge in [-0.3, -0.25) is 9.59 Å². The lowest BCUT2D eigenvalue weighted by molar-refractivity contribution is -0.122. The van der Waals surface area contributed by atoms with Crippen LogP contribution in [0.3, 0.4) is 0 Å². The van der Waals surface area contributed by atoms with Gasteiger partial charge in [0.05, 0.1) is 18.1 Å². The summed E-state index contributed by atoms with van der Waals surface area (Å²) >= 11 is 11.8. The third-order valence-electron chi connectivity index (χ3n) is 2.63. The van der Waals surface area contributed by atoms with E-state index in [-0.39, 0.29) is 37.3 Å². The molecule has 1 aromatic carbocycles. The molecule has 0 atom stereocenters. The van der Waals surface area contributed by atoms with Crippen LogP contribution in [0.2, 0.25) is 10.0 Å². The van der Waals surface area contributed by atoms with Crippen LogP contribution in [0.4, 0.5) is 0 Å². The van der Waals surface area contributed by atoms with Crippen LogP contribution in [-0.2, 0) is 9.59 Å². The molecule has 1 rings (SSSR count). The Bertz CT molecular complexity index is 522. The summed E-state index contributed by atoms with van der Waals surface area (Å²) in [6, 6.07) is 5.16. The van der Waals surface area contributed by atoms with Gasteiger partial charge < -0.3 is 15.4 Å². The second kappa shape index (κ2) is 9.54. The van der Waals surface area contributed by atoms with Crippen molar-refractivity contribution in [2.75, 3.05) is 13.2 Å². The van der Waals surface area contributed by atoms with Gasteiger partial charge in [-0.05, 0) is 26.0 Å². The number of ether oxygens (including phenoxy) is 1. The fourth-order valence-electron chi connectivity index (χ4n) is 1.65. The highest BCUT2D eigenvalue weighted by Gasteiger charge is 2.08. The molecule has 122 valence electrons. The van der Waals surface area contributed by atoms with Crippen LogP contribution in [0.5, 0.6) is 5.75 Å². The normalized spacial score (nSPS) is 10.4. The van der Waals surface area contributed by atoms with Crippen LogP contribution >= 0.6 is 23.2 Å². The fourth-order valence-corrected chi connectivity index (χ4v) is 1.99. The van der Waals surface area contributed by atoms with Crippen molar-refractivity contribution >= 4 is 35.0 Å². The summed E-state index contributed by atoms with van der Waals surface area (Å²) in [5, 5.41) is 6.14. The van der Waals surface area contributed by atoms with Gasteiger partial charge in [0.2, 0.25) is 11.8 Å². The van der Waals surface area contributed by atoms with Crippen molar-refractivity contribution < 1.29 is 14.3 Å². The van der Waals surface area contributed by atoms with Gasteiger partial charge in [-0.1, -0.05) is 29.3 Å². The lowest BCUT2D eigenvalue weighted by Gasteiger charge is -2.10. The van der Waals surface area contributed by atoms with Crippen LogP contribution < -0.4 is 15.4 Å². The molecule has 2 amide bonds. The predicted octanol–water partition coefficient (Wildman–Crippen LogP) is 2.79. The molecule has 0 bridgehead atoms. The smallest absolute Gasteiger partial charge is 0.223 e. The highest BCUT2D eigenvalue weighted by Crippen LogP contribution is 2.31. The number of hydrogen-bond acceptors (Lipinski definition) is 3. The Morgan fingerprint density at radius 1 is 1.18 bits per heavy atom. The second-order valence-electron chi connectivity index (χ2n) is 4.97. The molecule has 0 aliphatic carbocycles. The van der Waals surface area contributed by atoms with Crippen LogP contribution in [0.15, 0.2) is 18.2 Å². The Morgan fingerprint density at radius 3 is 2.59 bits per heavy atom. The van der Waals surface area contributed by atoms with E-state index in [4.69, 9.17) is 27.9 Å². The second-order valence-corrected chi connectivity index (χ2v) is 5.76. The third kappa shape index (κ3) is 7.00. The number of benzene rings is 1. The first-order valence-corrected chi connectivity index (χ1v) is 7.78. The van der Waals surface area contributed by atoms with Gasteiger partial charge in [-0.2, -0.15) is 0 Å². The fraction of sp³-hybridized carbons (Fsp3) is 0.467. The first-order valence-electron chi connectivity index (χ1n) is 7.03. The standard InChI is InChI=1S/C15H20Cl2N2O3/c1-10(2)19-14(21)6-8-18-13(20)7-9-22-12-5-3-4-11(16)15(12)17/h3-5,10H,6-9H2,1-2H3,(H,18,20)(H,19,21). The Morgan fingerprint density at radius 2 is 1.91 bits per heavy atom. The number of rotatable bonds is 8. The quantitative estimate of drug-likeness (QED) is 0.760. The molecule has 0 heterocycles. The zero-order valence-corrected chi connectivity index (χ0v) is 14.1. The zero-order chi connectivity index (χ0) is 16.5. The minimum Gasteiger partial charge on any atom is -0.491 e. The molecule has 0 aromatic heterocycles. The molecule has 0 spiro atoms. The number of halogens is 2. The molecule has 0 fully saturated rings. The molecule has 2 N–H and O–H groups in total. The molecule has 7 heteroatoms. The number of carbonyl (C=O) groups is 2. The Kier molecular flexibility index (Phi) is 8.06. The highest BCUT2D eigenvalue weighted by atomic mass is 35.5. The van der Waals surface area contributed by atoms with Crippen molar-refractivity contribution in [3.63, 3.8) is 0 Å². The van der Waals surface area contributed by atoms with Crippen LogP contribution in [0.25, 0.3) is 0 Å². The summed E-state index contributed by atoms with van der Waals surface area (Å²) in [7, 11) is 0. The van der Waals surface area contributed by atoms with E-state index < -0.39 is 0 Å². The van der Waals surface area contributed by atoms with E-state index in [0.717, 1.165) is 0 Å². The van der Waals surface area contributed by atoms with Gasteiger partial charge in [0.1, 0.15) is 10.8 Å². The number of amides is 2. The molecule has 5 nitrogen and oxygen atoms in total. The van der Waals surface area contributed by atoms with Crippen molar-refractivity contribution in [2.45, 2.75) is 32.7 Å². The first-order chi connectivity index (χ1) is 10.4. The molecule has 0 aliphatic rings. The SMILES string of the molecule is CC(C)NC(=O)CCNC(=O)CCOc1cccc(Cl)c1Cl. The van der Waals surface area contributed by atoms with E-state index >= 15 is 0 Å². The van der Waals surface area contributed by atoms with Crippen LogP contribution in [0, 0.1) is 0 Å². The molecule has 0 aliphatic heterocycles. The van der Waals surface area contributed by atoms with Crippen molar-refractivity contribution in [1.29, 1.82) is 0 Å². The van der Waals surface area contributed by atoms with Gasteiger partial charge in [-0.25, -0.2) is 0 Å². The van der Waals surface area contributed by atoms with Gasteiger partial charge >= 0.3 is 0 Å². The Hall–Kier alpha value is -1.46. The summed E-state index contributed by atoms with van der Waals surface area (Å²) in [5.41, 5.74) is 0. The highest BCUT2D eigenvalue weighted by molar-refractivity contribution is 6.42. The lowest BCUT2D eigenvalue weighted by atomic mass is 10.3. The lowest BCUT2D eigenvalue weighted by Crippen LogP contribution is -2.34. The average Bonchev–Trinajstić information content (AvgIpc) is 2.42. The maximum absolute atomic E-state index is 11.6. The number of hydrogen-bond donors (Lipinski definition) is 2. The van der Waals surface area contributed by atoms with Crippen molar-refractivity contribution in [2.24, 2.45) is 0 Å². The number of carbonyl (C=O) groups excluding carboxylic acids is 2. The summed E-state index contributed by atoms with van der Waals surface area (Å²) in [4.78, 5) is 23.0. The van der Waals surface area contributed by atoms with Crippen molar-refractivity contribution in [1.82, 2.24) is 10.6 Å². The molecule has 22 heavy (non-hydrogen) atoms. The van der Waals surface area contributed by atoms with E-state index in [1.807, 2.05) is 13.8 Å². The first kappa shape index (κ1) is 18.6. The van der Waals surface area contributed by atoms with E-state index in [1.165, 1.54) is 0 Å². The average molecular weight is 347 g/mol. The van der Waals surface area contributed by atoms with Gasteiger partial charge in [0.15, 0.2) is 0 Å². The Labute approximate surface area is 140 Å². The molecule has 0 unspecified atom stereocenters. The third-order valence-corrected chi connectivity index (χ3v) is 3.43. The monoisotopic (exact) mass is 346 g/mol. The van der Waals surface area contributed by atoms with Crippen molar-refractivity contribution in [3.05, 3.63) is 28.2 Å². The zero-order valence-electron chi connectivity index (χ0n) is 12.6. The Balaban J connectivity index is 2.21. The summed E-state index contributed by atoms with van der Waals surface area (Å²) in [6.45, 7) is 4.25. The van der Waals surface area contributed by atoms with Crippen LogP contribution in [-0.4, -0.2) is 31.0 Å². The molecular weight excluding hydrogens is 327 g/mol. The number of nitrogens with one attached hydrogen (secondary N) is 2. The predicted molar refractivity (Wildman–Crippen MR) is 87.5 cm³/mol. The van der Waals surface area contributed by atoms with Gasteiger partial charge in [0.25, 0.3) is 0 Å². The van der Waals surface area contributed by atoms with Crippen molar-refractivity contribution in [3.8, 4) is 5.75 Å². The van der Waals surface area contributed by atoms with E-state index in [9.17, 15) is 9.59 Å². The van der Waals surface area contributed by atoms with E-state index in [1.54, 1.807) is 18.2 Å². The largest absolute Gasteiger partial charge is 0.491 e. The molecule has 0 radical (unpaired) electrons. The summed E-state index contributed by atoms with van der Waals surface area (Å²) < 4.78 is 5.41.